The van der Waals surface area contributed by atoms with Crippen molar-refractivity contribution in [1.82, 2.24) is 0 Å². The number of rotatable bonds is 3. The van der Waals surface area contributed by atoms with Gasteiger partial charge in [0, 0.05) is 12.5 Å². The average Bonchev–Trinajstić information content (AvgIpc) is 2.40. The molecule has 0 radical (unpaired) electrons. The Morgan fingerprint density at radius 1 is 1.05 bits per heavy atom. The molecule has 0 amide bonds. The zero-order chi connectivity index (χ0) is 16.7. The first-order valence-electron chi connectivity index (χ1n) is 5.86. The SMILES string of the molecule is CC(=O)CC(=O)c1ccccc1.CC(=O)O.N#CCC#N. The molecule has 0 saturated carbocycles. The lowest BCUT2D eigenvalue weighted by molar-refractivity contribution is -0.134. The molecule has 1 N–H and O–H groups in total. The summed E-state index contributed by atoms with van der Waals surface area (Å²) in [5.41, 5.74) is 0.604. The number of hydrogen-bond acceptors (Lipinski definition) is 5. The highest BCUT2D eigenvalue weighted by Crippen LogP contribution is 2.02. The van der Waals surface area contributed by atoms with Crippen LogP contribution >= 0.6 is 0 Å². The van der Waals surface area contributed by atoms with Crippen molar-refractivity contribution >= 4 is 17.5 Å². The molecule has 0 saturated heterocycles. The molecular formula is C15H16N2O4. The van der Waals surface area contributed by atoms with Gasteiger partial charge in [-0.25, -0.2) is 0 Å². The third kappa shape index (κ3) is 17.0. The summed E-state index contributed by atoms with van der Waals surface area (Å²) < 4.78 is 0. The quantitative estimate of drug-likeness (QED) is 0.673. The van der Waals surface area contributed by atoms with Crippen LogP contribution < -0.4 is 0 Å². The molecule has 110 valence electrons. The Labute approximate surface area is 123 Å². The molecule has 6 nitrogen and oxygen atoms in total. The lowest BCUT2D eigenvalue weighted by atomic mass is 10.1. The van der Waals surface area contributed by atoms with Crippen molar-refractivity contribution < 1.29 is 19.5 Å². The molecule has 0 spiro atoms. The Morgan fingerprint density at radius 2 is 1.48 bits per heavy atom. The monoisotopic (exact) mass is 288 g/mol. The number of ketones is 2. The molecule has 1 rings (SSSR count). The highest BCUT2D eigenvalue weighted by molar-refractivity contribution is 6.07. The number of Topliss-reactive ketones (excluding diaryl/α,β-unsaturated/α-hetero) is 2. The van der Waals surface area contributed by atoms with Gasteiger partial charge in [0.15, 0.2) is 5.78 Å². The molecule has 21 heavy (non-hydrogen) atoms. The van der Waals surface area contributed by atoms with Crippen molar-refractivity contribution in [3.8, 4) is 12.1 Å². The largest absolute Gasteiger partial charge is 0.481 e. The molecule has 0 unspecified atom stereocenters. The van der Waals surface area contributed by atoms with Crippen LogP contribution in [-0.2, 0) is 9.59 Å². The van der Waals surface area contributed by atoms with Crippen LogP contribution in [0, 0.1) is 22.7 Å². The zero-order valence-electron chi connectivity index (χ0n) is 11.9. The predicted octanol–water partition coefficient (Wildman–Crippen LogP) is 2.36. The van der Waals surface area contributed by atoms with Crippen LogP contribution in [-0.4, -0.2) is 22.6 Å². The van der Waals surface area contributed by atoms with E-state index in [-0.39, 0.29) is 24.4 Å². The highest BCUT2D eigenvalue weighted by atomic mass is 16.4. The van der Waals surface area contributed by atoms with Gasteiger partial charge in [0.25, 0.3) is 5.97 Å². The third-order valence-corrected chi connectivity index (χ3v) is 1.66. The van der Waals surface area contributed by atoms with Gasteiger partial charge in [-0.2, -0.15) is 10.5 Å². The first kappa shape index (κ1) is 20.3. The summed E-state index contributed by atoms with van der Waals surface area (Å²) >= 11 is 0. The fourth-order valence-corrected chi connectivity index (χ4v) is 0.988. The zero-order valence-corrected chi connectivity index (χ0v) is 11.9. The van der Waals surface area contributed by atoms with Crippen molar-refractivity contribution in [3.63, 3.8) is 0 Å². The van der Waals surface area contributed by atoms with Crippen molar-refractivity contribution in [2.24, 2.45) is 0 Å². The maximum absolute atomic E-state index is 11.2. The second-order valence-corrected chi connectivity index (χ2v) is 3.68. The standard InChI is InChI=1S/C10H10O2.C3H2N2.C2H4O2/c1-8(11)7-10(12)9-5-3-2-4-6-9;4-2-1-3-5;1-2(3)4/h2-6H,7H2,1H3;1H2;1H3,(H,3,4). The minimum atomic E-state index is -0.833. The summed E-state index contributed by atoms with van der Waals surface area (Å²) in [4.78, 5) is 30.8. The molecule has 0 atom stereocenters. The maximum Gasteiger partial charge on any atom is 0.300 e. The Kier molecular flexibility index (Phi) is 13.0. The van der Waals surface area contributed by atoms with Crippen LogP contribution in [0.15, 0.2) is 30.3 Å². The Balaban J connectivity index is 0. The van der Waals surface area contributed by atoms with E-state index in [1.807, 2.05) is 6.07 Å². The number of carbonyl (C=O) groups excluding carboxylic acids is 2. The highest BCUT2D eigenvalue weighted by Gasteiger charge is 2.06. The molecule has 0 aliphatic carbocycles. The van der Waals surface area contributed by atoms with Crippen molar-refractivity contribution in [1.29, 1.82) is 10.5 Å². The minimum Gasteiger partial charge on any atom is -0.481 e. The Morgan fingerprint density at radius 3 is 1.76 bits per heavy atom. The van der Waals surface area contributed by atoms with Crippen LogP contribution in [0.2, 0.25) is 0 Å². The molecule has 6 heteroatoms. The van der Waals surface area contributed by atoms with Gasteiger partial charge in [0.2, 0.25) is 0 Å². The summed E-state index contributed by atoms with van der Waals surface area (Å²) in [5.74, 6) is -1.04. The van der Waals surface area contributed by atoms with Gasteiger partial charge in [-0.3, -0.25) is 14.4 Å². The smallest absolute Gasteiger partial charge is 0.300 e. The lowest BCUT2D eigenvalue weighted by Crippen LogP contribution is -2.04. The fourth-order valence-electron chi connectivity index (χ4n) is 0.988. The van der Waals surface area contributed by atoms with Gasteiger partial charge in [-0.05, 0) is 6.92 Å². The first-order valence-corrected chi connectivity index (χ1v) is 5.86. The number of aliphatic carboxylic acids is 1. The molecule has 0 aliphatic heterocycles. The molecule has 0 fully saturated rings. The summed E-state index contributed by atoms with van der Waals surface area (Å²) in [6, 6.07) is 12.1. The van der Waals surface area contributed by atoms with Crippen LogP contribution in [0.1, 0.15) is 37.0 Å². The van der Waals surface area contributed by atoms with Crippen molar-refractivity contribution in [3.05, 3.63) is 35.9 Å². The van der Waals surface area contributed by atoms with Crippen molar-refractivity contribution in [2.45, 2.75) is 26.7 Å². The first-order chi connectivity index (χ1) is 9.84. The normalized spacial score (nSPS) is 7.62. The van der Waals surface area contributed by atoms with E-state index < -0.39 is 5.97 Å². The summed E-state index contributed by atoms with van der Waals surface area (Å²) in [5, 5.41) is 22.6. The molecular weight excluding hydrogens is 272 g/mol. The van der Waals surface area contributed by atoms with Gasteiger partial charge < -0.3 is 5.11 Å². The fraction of sp³-hybridized carbons (Fsp3) is 0.267. The second kappa shape index (κ2) is 13.4. The van der Waals surface area contributed by atoms with Gasteiger partial charge in [-0.15, -0.1) is 0 Å². The van der Waals surface area contributed by atoms with E-state index in [0.29, 0.717) is 5.56 Å². The minimum absolute atomic E-state index is 0. The molecule has 0 bridgehead atoms. The van der Waals surface area contributed by atoms with E-state index in [9.17, 15) is 9.59 Å². The van der Waals surface area contributed by atoms with E-state index >= 15 is 0 Å². The molecule has 1 aromatic rings. The van der Waals surface area contributed by atoms with Crippen LogP contribution in [0.5, 0.6) is 0 Å². The van der Waals surface area contributed by atoms with E-state index in [2.05, 4.69) is 0 Å². The number of carbonyl (C=O) groups is 3. The average molecular weight is 288 g/mol. The van der Waals surface area contributed by atoms with Gasteiger partial charge in [0.05, 0.1) is 18.6 Å². The van der Waals surface area contributed by atoms with E-state index in [4.69, 9.17) is 20.4 Å². The number of hydrogen-bond donors (Lipinski definition) is 1. The van der Waals surface area contributed by atoms with E-state index in [1.54, 1.807) is 36.4 Å². The molecule has 0 heterocycles. The van der Waals surface area contributed by atoms with E-state index in [0.717, 1.165) is 6.92 Å². The summed E-state index contributed by atoms with van der Waals surface area (Å²) in [6.45, 7) is 2.50. The summed E-state index contributed by atoms with van der Waals surface area (Å²) in [6.07, 6.45) is 0.00398. The number of benzene rings is 1. The third-order valence-electron chi connectivity index (χ3n) is 1.66. The second-order valence-electron chi connectivity index (χ2n) is 3.68. The Bertz CT molecular complexity index is 523. The number of carboxylic acids is 1. The van der Waals surface area contributed by atoms with Crippen LogP contribution in [0.4, 0.5) is 0 Å². The van der Waals surface area contributed by atoms with Gasteiger partial charge in [0.1, 0.15) is 12.2 Å². The van der Waals surface area contributed by atoms with Gasteiger partial charge >= 0.3 is 0 Å². The van der Waals surface area contributed by atoms with Crippen LogP contribution in [0.3, 0.4) is 0 Å². The number of carboxylic acid groups (broad SMARTS) is 1. The number of nitrogens with zero attached hydrogens (tertiary/aromatic N) is 2. The lowest BCUT2D eigenvalue weighted by Gasteiger charge is -1.95. The predicted molar refractivity (Wildman–Crippen MR) is 75.2 cm³/mol. The number of nitriles is 2. The Hall–Kier alpha value is -2.99. The maximum atomic E-state index is 11.2. The molecule has 0 aromatic heterocycles. The molecule has 1 aromatic carbocycles. The van der Waals surface area contributed by atoms with Crippen molar-refractivity contribution in [2.75, 3.05) is 0 Å². The van der Waals surface area contributed by atoms with E-state index in [1.165, 1.54) is 6.92 Å². The van der Waals surface area contributed by atoms with Gasteiger partial charge in [-0.1, -0.05) is 30.3 Å². The summed E-state index contributed by atoms with van der Waals surface area (Å²) in [7, 11) is 0. The topological polar surface area (TPSA) is 119 Å². The molecule has 0 aliphatic rings. The van der Waals surface area contributed by atoms with Crippen LogP contribution in [0.25, 0.3) is 0 Å².